The Hall–Kier alpha value is -3.02. The van der Waals surface area contributed by atoms with Crippen LogP contribution in [0, 0.1) is 0 Å². The van der Waals surface area contributed by atoms with Crippen molar-refractivity contribution in [2.75, 3.05) is 41.5 Å². The third-order valence-electron chi connectivity index (χ3n) is 5.76. The zero-order valence-electron chi connectivity index (χ0n) is 19.8. The molecule has 1 saturated heterocycles. The van der Waals surface area contributed by atoms with Crippen molar-refractivity contribution in [1.29, 1.82) is 0 Å². The Morgan fingerprint density at radius 3 is 1.97 bits per heavy atom. The zero-order valence-corrected chi connectivity index (χ0v) is 20.6. The molecule has 4 rings (SSSR count). The molecule has 1 aliphatic rings. The van der Waals surface area contributed by atoms with E-state index in [0.29, 0.717) is 11.5 Å². The highest BCUT2D eigenvalue weighted by molar-refractivity contribution is 7.89. The molecule has 0 radical (unpaired) electrons. The largest absolute Gasteiger partial charge is 0.496 e. The summed E-state index contributed by atoms with van der Waals surface area (Å²) in [5.41, 5.74) is -0.504. The van der Waals surface area contributed by atoms with Crippen LogP contribution in [0.15, 0.2) is 32.3 Å². The molecule has 0 aliphatic carbocycles. The van der Waals surface area contributed by atoms with E-state index >= 15 is 0 Å². The lowest BCUT2D eigenvalue weighted by atomic mass is 10.1. The first-order valence-corrected chi connectivity index (χ1v) is 12.0. The molecular weight excluding hydrogens is 466 g/mol. The molecule has 2 aromatic carbocycles. The van der Waals surface area contributed by atoms with Crippen LogP contribution in [0.5, 0.6) is 23.0 Å². The Bertz CT molecular complexity index is 1400. The molecule has 184 valence electrons. The molecular formula is C23H27NO9S. The minimum absolute atomic E-state index is 0.000811. The minimum Gasteiger partial charge on any atom is -0.496 e. The Morgan fingerprint density at radius 2 is 1.41 bits per heavy atom. The molecule has 0 saturated carbocycles. The average molecular weight is 494 g/mol. The van der Waals surface area contributed by atoms with Gasteiger partial charge in [0.15, 0.2) is 22.0 Å². The summed E-state index contributed by atoms with van der Waals surface area (Å²) in [6.45, 7) is 3.89. The quantitative estimate of drug-likeness (QED) is 0.478. The predicted octanol–water partition coefficient (Wildman–Crippen LogP) is 2.78. The Balaban J connectivity index is 2.12. The number of ether oxygens (including phenoxy) is 5. The van der Waals surface area contributed by atoms with Crippen molar-refractivity contribution in [3.8, 4) is 23.0 Å². The molecule has 1 fully saturated rings. The van der Waals surface area contributed by atoms with Gasteiger partial charge in [-0.2, -0.15) is 4.31 Å². The zero-order chi connectivity index (χ0) is 24.8. The van der Waals surface area contributed by atoms with Gasteiger partial charge in [-0.3, -0.25) is 4.79 Å². The van der Waals surface area contributed by atoms with Gasteiger partial charge in [-0.15, -0.1) is 0 Å². The number of methoxy groups -OCH3 is 4. The highest BCUT2D eigenvalue weighted by Gasteiger charge is 2.37. The van der Waals surface area contributed by atoms with Crippen molar-refractivity contribution in [3.63, 3.8) is 0 Å². The van der Waals surface area contributed by atoms with Crippen molar-refractivity contribution >= 4 is 32.0 Å². The Labute approximate surface area is 196 Å². The van der Waals surface area contributed by atoms with Crippen LogP contribution >= 0.6 is 0 Å². The molecule has 3 aromatic rings. The van der Waals surface area contributed by atoms with E-state index in [1.54, 1.807) is 13.8 Å². The summed E-state index contributed by atoms with van der Waals surface area (Å²) in [5, 5.41) is 0.168. The van der Waals surface area contributed by atoms with Gasteiger partial charge < -0.3 is 28.1 Å². The van der Waals surface area contributed by atoms with Gasteiger partial charge in [0.2, 0.25) is 5.43 Å². The maximum Gasteiger partial charge on any atom is 0.250 e. The lowest BCUT2D eigenvalue weighted by molar-refractivity contribution is -0.0441. The van der Waals surface area contributed by atoms with Gasteiger partial charge >= 0.3 is 0 Å². The van der Waals surface area contributed by atoms with E-state index in [-0.39, 0.29) is 63.6 Å². The second-order valence-electron chi connectivity index (χ2n) is 8.03. The van der Waals surface area contributed by atoms with Gasteiger partial charge in [0.05, 0.1) is 46.0 Å². The monoisotopic (exact) mass is 493 g/mol. The van der Waals surface area contributed by atoms with Gasteiger partial charge in [-0.1, -0.05) is 0 Å². The smallest absolute Gasteiger partial charge is 0.250 e. The van der Waals surface area contributed by atoms with Crippen LogP contribution in [0.25, 0.3) is 21.9 Å². The summed E-state index contributed by atoms with van der Waals surface area (Å²) < 4.78 is 62.4. The van der Waals surface area contributed by atoms with Crippen molar-refractivity contribution in [2.45, 2.75) is 31.0 Å². The highest BCUT2D eigenvalue weighted by Crippen LogP contribution is 2.41. The molecule has 0 N–H and O–H groups in total. The summed E-state index contributed by atoms with van der Waals surface area (Å²) in [5.74, 6) is 0.782. The van der Waals surface area contributed by atoms with Crippen molar-refractivity contribution < 1.29 is 36.5 Å². The first-order valence-electron chi connectivity index (χ1n) is 10.6. The Kier molecular flexibility index (Phi) is 6.36. The maximum atomic E-state index is 13.9. The third-order valence-corrected chi connectivity index (χ3v) is 7.64. The third kappa shape index (κ3) is 3.83. The fourth-order valence-corrected chi connectivity index (χ4v) is 6.13. The van der Waals surface area contributed by atoms with E-state index in [4.69, 9.17) is 28.1 Å². The van der Waals surface area contributed by atoms with Crippen LogP contribution < -0.4 is 24.4 Å². The van der Waals surface area contributed by atoms with Crippen molar-refractivity contribution in [3.05, 3.63) is 28.4 Å². The number of morpholine rings is 1. The van der Waals surface area contributed by atoms with Gasteiger partial charge in [-0.25, -0.2) is 8.42 Å². The molecule has 11 heteroatoms. The summed E-state index contributed by atoms with van der Waals surface area (Å²) in [6, 6.07) is 4.35. The molecule has 2 atom stereocenters. The number of sulfonamides is 1. The lowest BCUT2D eigenvalue weighted by Gasteiger charge is -2.34. The van der Waals surface area contributed by atoms with E-state index in [2.05, 4.69) is 0 Å². The van der Waals surface area contributed by atoms with E-state index in [1.807, 2.05) is 0 Å². The normalized spacial score (nSPS) is 19.4. The summed E-state index contributed by atoms with van der Waals surface area (Å²) in [4.78, 5) is 13.3. The number of rotatable bonds is 6. The van der Waals surface area contributed by atoms with Gasteiger partial charge in [0.1, 0.15) is 22.5 Å². The second-order valence-corrected chi connectivity index (χ2v) is 9.90. The van der Waals surface area contributed by atoms with Crippen LogP contribution in [-0.4, -0.2) is 66.5 Å². The number of hydrogen-bond donors (Lipinski definition) is 0. The van der Waals surface area contributed by atoms with E-state index < -0.39 is 15.5 Å². The first kappa shape index (κ1) is 24.1. The highest BCUT2D eigenvalue weighted by atomic mass is 32.2. The minimum atomic E-state index is -4.15. The fraction of sp³-hybridized carbons (Fsp3) is 0.435. The molecule has 0 spiro atoms. The first-order chi connectivity index (χ1) is 16.2. The van der Waals surface area contributed by atoms with Crippen LogP contribution in [0.1, 0.15) is 13.8 Å². The molecule has 1 aromatic heterocycles. The molecule has 34 heavy (non-hydrogen) atoms. The van der Waals surface area contributed by atoms with Crippen molar-refractivity contribution in [2.24, 2.45) is 0 Å². The molecule has 0 unspecified atom stereocenters. The maximum absolute atomic E-state index is 13.9. The van der Waals surface area contributed by atoms with E-state index in [9.17, 15) is 13.2 Å². The molecule has 2 heterocycles. The topological polar surface area (TPSA) is 114 Å². The number of fused-ring (bicyclic) bond motifs is 2. The molecule has 10 nitrogen and oxygen atoms in total. The van der Waals surface area contributed by atoms with Crippen molar-refractivity contribution in [1.82, 2.24) is 4.31 Å². The Morgan fingerprint density at radius 1 is 0.853 bits per heavy atom. The number of benzene rings is 2. The van der Waals surface area contributed by atoms with E-state index in [0.717, 1.165) is 0 Å². The van der Waals surface area contributed by atoms with Gasteiger partial charge in [-0.05, 0) is 19.9 Å². The number of nitrogens with zero attached hydrogens (tertiary/aromatic N) is 1. The fourth-order valence-electron chi connectivity index (χ4n) is 4.29. The molecule has 1 aliphatic heterocycles. The molecule has 0 bridgehead atoms. The summed E-state index contributed by atoms with van der Waals surface area (Å²) in [6.07, 6.45) is -0.614. The predicted molar refractivity (Wildman–Crippen MR) is 125 cm³/mol. The van der Waals surface area contributed by atoms with Gasteiger partial charge in [0, 0.05) is 25.2 Å². The lowest BCUT2D eigenvalue weighted by Crippen LogP contribution is -2.48. The van der Waals surface area contributed by atoms with Gasteiger partial charge in [0.25, 0.3) is 10.0 Å². The standard InChI is InChI=1S/C23H27NO9S/c1-12-10-24(11-13(2)32-12)34(26,27)23-19(31-6)9-18(30-5)20-21(25)14-7-16(28-3)17(29-4)8-15(14)33-22(20)23/h7-9,12-13H,10-11H2,1-6H3/t12-,13+. The number of hydrogen-bond acceptors (Lipinski definition) is 9. The second kappa shape index (κ2) is 8.97. The van der Waals surface area contributed by atoms with Crippen LogP contribution in [-0.2, 0) is 14.8 Å². The average Bonchev–Trinajstić information content (AvgIpc) is 2.81. The van der Waals surface area contributed by atoms with E-state index in [1.165, 1.54) is 50.9 Å². The van der Waals surface area contributed by atoms with Crippen LogP contribution in [0.4, 0.5) is 0 Å². The summed E-state index contributed by atoms with van der Waals surface area (Å²) in [7, 11) is 1.47. The summed E-state index contributed by atoms with van der Waals surface area (Å²) >= 11 is 0. The SMILES string of the molecule is COc1cc2oc3c(S(=O)(=O)N4C[C@@H](C)O[C@@H](C)C4)c(OC)cc(OC)c3c(=O)c2cc1OC. The molecule has 0 amide bonds. The van der Waals surface area contributed by atoms with Crippen LogP contribution in [0.3, 0.4) is 0 Å². The van der Waals surface area contributed by atoms with Crippen LogP contribution in [0.2, 0.25) is 0 Å².